The third-order valence-electron chi connectivity index (χ3n) is 7.29. The summed E-state index contributed by atoms with van der Waals surface area (Å²) in [5.41, 5.74) is 4.98. The maximum atomic E-state index is 6.55. The molecule has 38 heavy (non-hydrogen) atoms. The summed E-state index contributed by atoms with van der Waals surface area (Å²) in [6, 6.07) is 43.1. The number of nitrogens with zero attached hydrogens (tertiary/aromatic N) is 1. The number of para-hydroxylation sites is 1. The zero-order valence-corrected chi connectivity index (χ0v) is 22.6. The number of rotatable bonds is 3. The first-order chi connectivity index (χ1) is 18.7. The van der Waals surface area contributed by atoms with Gasteiger partial charge in [-0.05, 0) is 47.9 Å². The van der Waals surface area contributed by atoms with Crippen LogP contribution in [0.15, 0.2) is 130 Å². The molecule has 2 nitrogen and oxygen atoms in total. The van der Waals surface area contributed by atoms with Crippen molar-refractivity contribution in [3.05, 3.63) is 126 Å². The SMILES string of the molecule is Brc1cc(N(c2ccc3c(c2)sc2ccccc23)c2cccc3ccccc23)c2oc3ccccc3c2c1. The lowest BCUT2D eigenvalue weighted by Gasteiger charge is -2.27. The Hall–Kier alpha value is -4.12. The van der Waals surface area contributed by atoms with Crippen LogP contribution in [0.25, 0.3) is 52.9 Å². The molecule has 2 aromatic heterocycles. The second-order valence-corrected chi connectivity index (χ2v) is 11.5. The largest absolute Gasteiger partial charge is 0.454 e. The zero-order valence-electron chi connectivity index (χ0n) is 20.2. The summed E-state index contributed by atoms with van der Waals surface area (Å²) in [6.07, 6.45) is 0. The number of hydrogen-bond acceptors (Lipinski definition) is 3. The zero-order chi connectivity index (χ0) is 25.2. The molecule has 0 fully saturated rings. The molecule has 0 radical (unpaired) electrons. The van der Waals surface area contributed by atoms with E-state index in [1.54, 1.807) is 0 Å². The fourth-order valence-corrected chi connectivity index (χ4v) is 7.19. The third-order valence-corrected chi connectivity index (χ3v) is 8.88. The Morgan fingerprint density at radius 2 is 1.29 bits per heavy atom. The summed E-state index contributed by atoms with van der Waals surface area (Å²) in [6.45, 7) is 0. The molecule has 2 heterocycles. The minimum absolute atomic E-state index is 0.874. The summed E-state index contributed by atoms with van der Waals surface area (Å²) in [4.78, 5) is 2.35. The molecule has 0 spiro atoms. The van der Waals surface area contributed by atoms with Gasteiger partial charge in [0.2, 0.25) is 0 Å². The number of anilines is 3. The van der Waals surface area contributed by atoms with Crippen molar-refractivity contribution < 1.29 is 4.42 Å². The Bertz CT molecular complexity index is 2170. The van der Waals surface area contributed by atoms with Crippen LogP contribution in [0.3, 0.4) is 0 Å². The molecular weight excluding hydrogens is 550 g/mol. The summed E-state index contributed by atoms with van der Waals surface area (Å²) in [7, 11) is 0. The van der Waals surface area contributed by atoms with E-state index < -0.39 is 0 Å². The molecule has 180 valence electrons. The molecule has 8 aromatic rings. The lowest BCUT2D eigenvalue weighted by molar-refractivity contribution is 0.669. The van der Waals surface area contributed by atoms with Crippen LogP contribution in [0.5, 0.6) is 0 Å². The van der Waals surface area contributed by atoms with Crippen LogP contribution in [-0.2, 0) is 0 Å². The van der Waals surface area contributed by atoms with E-state index in [1.807, 2.05) is 23.5 Å². The van der Waals surface area contributed by atoms with E-state index in [0.717, 1.165) is 43.5 Å². The van der Waals surface area contributed by atoms with E-state index in [2.05, 4.69) is 130 Å². The summed E-state index contributed by atoms with van der Waals surface area (Å²) in [5, 5.41) is 7.19. The normalized spacial score (nSPS) is 11.8. The fourth-order valence-electron chi connectivity index (χ4n) is 5.61. The second kappa shape index (κ2) is 8.45. The van der Waals surface area contributed by atoms with Crippen LogP contribution in [-0.4, -0.2) is 0 Å². The van der Waals surface area contributed by atoms with Gasteiger partial charge in [-0.25, -0.2) is 0 Å². The van der Waals surface area contributed by atoms with Crippen LogP contribution < -0.4 is 4.90 Å². The number of benzene rings is 6. The van der Waals surface area contributed by atoms with Gasteiger partial charge >= 0.3 is 0 Å². The maximum absolute atomic E-state index is 6.55. The predicted octanol–water partition coefficient (Wildman–Crippen LogP) is 11.3. The number of thiophene rings is 1. The molecule has 0 atom stereocenters. The van der Waals surface area contributed by atoms with Gasteiger partial charge in [0.05, 0.1) is 11.4 Å². The average Bonchev–Trinajstić information content (AvgIpc) is 3.51. The molecule has 8 rings (SSSR count). The monoisotopic (exact) mass is 569 g/mol. The minimum Gasteiger partial charge on any atom is -0.454 e. The first-order valence-corrected chi connectivity index (χ1v) is 14.2. The van der Waals surface area contributed by atoms with Crippen LogP contribution in [0.4, 0.5) is 17.1 Å². The van der Waals surface area contributed by atoms with E-state index >= 15 is 0 Å². The van der Waals surface area contributed by atoms with E-state index in [-0.39, 0.29) is 0 Å². The molecule has 0 unspecified atom stereocenters. The van der Waals surface area contributed by atoms with Gasteiger partial charge in [0.15, 0.2) is 5.58 Å². The van der Waals surface area contributed by atoms with Gasteiger partial charge in [-0.1, -0.05) is 94.8 Å². The number of fused-ring (bicyclic) bond motifs is 7. The summed E-state index contributed by atoms with van der Waals surface area (Å²) < 4.78 is 10.1. The number of furan rings is 1. The van der Waals surface area contributed by atoms with Gasteiger partial charge in [0.1, 0.15) is 5.58 Å². The van der Waals surface area contributed by atoms with Crippen molar-refractivity contribution in [3.8, 4) is 0 Å². The average molecular weight is 571 g/mol. The molecule has 0 saturated carbocycles. The first-order valence-electron chi connectivity index (χ1n) is 12.5. The van der Waals surface area contributed by atoms with E-state index in [4.69, 9.17) is 4.42 Å². The Kier molecular flexibility index (Phi) is 4.87. The molecular formula is C34H20BrNOS. The molecule has 0 aliphatic rings. The van der Waals surface area contributed by atoms with Crippen molar-refractivity contribution in [2.45, 2.75) is 0 Å². The van der Waals surface area contributed by atoms with Crippen molar-refractivity contribution >= 4 is 97.2 Å². The van der Waals surface area contributed by atoms with Crippen molar-refractivity contribution in [2.24, 2.45) is 0 Å². The number of hydrogen-bond donors (Lipinski definition) is 0. The van der Waals surface area contributed by atoms with Crippen LogP contribution >= 0.6 is 27.3 Å². The molecule has 0 aliphatic carbocycles. The lowest BCUT2D eigenvalue weighted by atomic mass is 10.0. The molecule has 6 aromatic carbocycles. The highest BCUT2D eigenvalue weighted by Gasteiger charge is 2.22. The van der Waals surface area contributed by atoms with E-state index in [1.165, 1.54) is 30.9 Å². The van der Waals surface area contributed by atoms with Crippen molar-refractivity contribution in [1.82, 2.24) is 0 Å². The predicted molar refractivity (Wildman–Crippen MR) is 166 cm³/mol. The maximum Gasteiger partial charge on any atom is 0.159 e. The molecule has 0 N–H and O–H groups in total. The van der Waals surface area contributed by atoms with Gasteiger partial charge in [-0.2, -0.15) is 0 Å². The van der Waals surface area contributed by atoms with Gasteiger partial charge in [0, 0.05) is 46.5 Å². The quantitative estimate of drug-likeness (QED) is 0.210. The van der Waals surface area contributed by atoms with Crippen LogP contribution in [0, 0.1) is 0 Å². The summed E-state index contributed by atoms with van der Waals surface area (Å²) in [5.74, 6) is 0. The Morgan fingerprint density at radius 3 is 2.21 bits per heavy atom. The van der Waals surface area contributed by atoms with Gasteiger partial charge in [-0.3, -0.25) is 0 Å². The van der Waals surface area contributed by atoms with Crippen molar-refractivity contribution in [1.29, 1.82) is 0 Å². The highest BCUT2D eigenvalue weighted by molar-refractivity contribution is 9.10. The lowest BCUT2D eigenvalue weighted by Crippen LogP contribution is -2.10. The highest BCUT2D eigenvalue weighted by Crippen LogP contribution is 2.47. The standard InChI is InChI=1S/C34H20BrNOS/c35-22-18-28-25-11-3-5-14-31(25)37-34(28)30(19-22)36(29-13-7-9-21-8-1-2-10-24(21)29)23-16-17-27-26-12-4-6-15-32(26)38-33(27)20-23/h1-20H. The third kappa shape index (κ3) is 3.31. The number of halogens is 1. The van der Waals surface area contributed by atoms with Crippen LogP contribution in [0.2, 0.25) is 0 Å². The smallest absolute Gasteiger partial charge is 0.159 e. The Balaban J connectivity index is 1.48. The molecule has 0 bridgehead atoms. The van der Waals surface area contributed by atoms with E-state index in [9.17, 15) is 0 Å². The van der Waals surface area contributed by atoms with Gasteiger partial charge < -0.3 is 9.32 Å². The van der Waals surface area contributed by atoms with Crippen molar-refractivity contribution in [3.63, 3.8) is 0 Å². The second-order valence-electron chi connectivity index (χ2n) is 9.51. The highest BCUT2D eigenvalue weighted by atomic mass is 79.9. The molecule has 0 saturated heterocycles. The van der Waals surface area contributed by atoms with Gasteiger partial charge in [-0.15, -0.1) is 11.3 Å². The van der Waals surface area contributed by atoms with Crippen LogP contribution in [0.1, 0.15) is 0 Å². The Labute approximate surface area is 231 Å². The summed E-state index contributed by atoms with van der Waals surface area (Å²) >= 11 is 5.65. The molecule has 0 amide bonds. The van der Waals surface area contributed by atoms with Gasteiger partial charge in [0.25, 0.3) is 0 Å². The molecule has 0 aliphatic heterocycles. The Morgan fingerprint density at radius 1 is 0.553 bits per heavy atom. The molecule has 4 heteroatoms. The topological polar surface area (TPSA) is 16.4 Å². The first kappa shape index (κ1) is 21.9. The fraction of sp³-hybridized carbons (Fsp3) is 0. The van der Waals surface area contributed by atoms with E-state index in [0.29, 0.717) is 0 Å². The van der Waals surface area contributed by atoms with Crippen molar-refractivity contribution in [2.75, 3.05) is 4.90 Å². The minimum atomic E-state index is 0.874.